The standard InChI is InChI=1S/C34H27Cl2F3N4O6/c35-19-5-3-17(4-6-19)33-24(31(47)43(32(33)48)42-28-25(36)13-18(15-40-28)34(37,38)39)14-23-21(9-10-22-26(23)30(46)41-29(22)45)27(33)16-1-7-20(8-2-16)49-12-11-44/h1-9,13,15,22-24,26-27,44H,10-12,14H2,(H,40,42)(H,41,45,46)/t22-,23+,24-,26-,27-,33+/m0/s1. The van der Waals surface area contributed by atoms with Crippen molar-refractivity contribution in [2.75, 3.05) is 18.6 Å². The zero-order chi connectivity index (χ0) is 34.8. The number of hydrogen-bond acceptors (Lipinski definition) is 8. The first kappa shape index (κ1) is 33.1. The zero-order valence-electron chi connectivity index (χ0n) is 25.3. The third kappa shape index (κ3) is 5.26. The number of pyridine rings is 1. The largest absolute Gasteiger partial charge is 0.491 e. The first-order valence-corrected chi connectivity index (χ1v) is 16.1. The highest BCUT2D eigenvalue weighted by Gasteiger charge is 2.70. The third-order valence-corrected chi connectivity index (χ3v) is 10.5. The van der Waals surface area contributed by atoms with Crippen LogP contribution < -0.4 is 15.5 Å². The van der Waals surface area contributed by atoms with E-state index < -0.39 is 75.4 Å². The quantitative estimate of drug-likeness (QED) is 0.229. The van der Waals surface area contributed by atoms with Crippen molar-refractivity contribution in [1.29, 1.82) is 0 Å². The lowest BCUT2D eigenvalue weighted by atomic mass is 9.49. The molecule has 2 aliphatic carbocycles. The van der Waals surface area contributed by atoms with Crippen LogP contribution in [0.15, 0.2) is 72.4 Å². The third-order valence-electron chi connectivity index (χ3n) is 9.97. The van der Waals surface area contributed by atoms with E-state index >= 15 is 4.79 Å². The number of hydrogen-bond donors (Lipinski definition) is 3. The first-order chi connectivity index (χ1) is 23.4. The molecule has 3 heterocycles. The topological polar surface area (TPSA) is 138 Å². The molecule has 4 amide bonds. The Hall–Kier alpha value is -4.46. The number of fused-ring (bicyclic) bond motifs is 4. The number of nitrogens with zero attached hydrogens (tertiary/aromatic N) is 2. The molecule has 3 aromatic rings. The molecule has 49 heavy (non-hydrogen) atoms. The molecule has 7 rings (SSSR count). The molecule has 10 nitrogen and oxygen atoms in total. The molecular weight excluding hydrogens is 688 g/mol. The lowest BCUT2D eigenvalue weighted by Crippen LogP contribution is -2.53. The Balaban J connectivity index is 1.41. The van der Waals surface area contributed by atoms with Gasteiger partial charge in [-0.15, -0.1) is 0 Å². The number of carbonyl (C=O) groups excluding carboxylic acids is 4. The number of aromatic nitrogens is 1. The highest BCUT2D eigenvalue weighted by molar-refractivity contribution is 6.33. The van der Waals surface area contributed by atoms with Crippen LogP contribution in [0.2, 0.25) is 10.0 Å². The molecule has 3 N–H and O–H groups in total. The number of alkyl halides is 3. The Labute approximate surface area is 287 Å². The summed E-state index contributed by atoms with van der Waals surface area (Å²) < 4.78 is 45.6. The van der Waals surface area contributed by atoms with E-state index in [9.17, 15) is 32.7 Å². The summed E-state index contributed by atoms with van der Waals surface area (Å²) in [6.07, 6.45) is -2.06. The molecule has 254 valence electrons. The molecule has 6 atom stereocenters. The van der Waals surface area contributed by atoms with E-state index in [2.05, 4.69) is 15.7 Å². The van der Waals surface area contributed by atoms with Gasteiger partial charge in [0.15, 0.2) is 5.82 Å². The SMILES string of the molecule is O=C1NC(=O)[C@H]2CC=C3[C@@H](C[C@H]4C(=O)N(Nc5ncc(C(F)(F)F)cc5Cl)C(=O)[C@@]4(c4ccc(Cl)cc4)[C@H]3c3ccc(OCCO)cc3)[C@@H]12. The van der Waals surface area contributed by atoms with Crippen molar-refractivity contribution in [3.8, 4) is 5.75 Å². The number of ether oxygens (including phenoxy) is 1. The van der Waals surface area contributed by atoms with E-state index in [4.69, 9.17) is 27.9 Å². The van der Waals surface area contributed by atoms with Gasteiger partial charge in [0.25, 0.3) is 11.8 Å². The smallest absolute Gasteiger partial charge is 0.417 e. The summed E-state index contributed by atoms with van der Waals surface area (Å²) in [5.74, 6) is -6.17. The molecule has 1 aromatic heterocycles. The second-order valence-electron chi connectivity index (χ2n) is 12.4. The van der Waals surface area contributed by atoms with Crippen molar-refractivity contribution < 1.29 is 42.2 Å². The molecule has 3 fully saturated rings. The van der Waals surface area contributed by atoms with Gasteiger partial charge < -0.3 is 9.84 Å². The van der Waals surface area contributed by atoms with Crippen LogP contribution in [0.3, 0.4) is 0 Å². The van der Waals surface area contributed by atoms with Gasteiger partial charge in [-0.1, -0.05) is 59.1 Å². The molecule has 2 saturated heterocycles. The average Bonchev–Trinajstić information content (AvgIpc) is 3.48. The van der Waals surface area contributed by atoms with Crippen molar-refractivity contribution in [1.82, 2.24) is 15.3 Å². The van der Waals surface area contributed by atoms with E-state index in [1.165, 1.54) is 0 Å². The van der Waals surface area contributed by atoms with Gasteiger partial charge in [0.1, 0.15) is 12.4 Å². The lowest BCUT2D eigenvalue weighted by molar-refractivity contribution is -0.139. The van der Waals surface area contributed by atoms with E-state index in [0.717, 1.165) is 5.01 Å². The van der Waals surface area contributed by atoms with Gasteiger partial charge >= 0.3 is 6.18 Å². The number of rotatable bonds is 7. The fourth-order valence-electron chi connectivity index (χ4n) is 7.99. The maximum atomic E-state index is 15.1. The summed E-state index contributed by atoms with van der Waals surface area (Å²) in [6, 6.07) is 13.9. The van der Waals surface area contributed by atoms with Crippen LogP contribution in [-0.2, 0) is 30.8 Å². The van der Waals surface area contributed by atoms with Crippen molar-refractivity contribution in [3.63, 3.8) is 0 Å². The Morgan fingerprint density at radius 3 is 2.39 bits per heavy atom. The molecule has 0 unspecified atom stereocenters. The van der Waals surface area contributed by atoms with Crippen molar-refractivity contribution in [2.45, 2.75) is 30.4 Å². The van der Waals surface area contributed by atoms with E-state index in [-0.39, 0.29) is 31.9 Å². The lowest BCUT2D eigenvalue weighted by Gasteiger charge is -2.50. The van der Waals surface area contributed by atoms with Crippen LogP contribution in [0.4, 0.5) is 19.0 Å². The highest BCUT2D eigenvalue weighted by Crippen LogP contribution is 2.63. The van der Waals surface area contributed by atoms with Crippen LogP contribution in [0.5, 0.6) is 5.75 Å². The van der Waals surface area contributed by atoms with Crippen LogP contribution in [-0.4, -0.2) is 51.9 Å². The number of hydrazine groups is 1. The molecule has 2 aromatic carbocycles. The number of amides is 4. The normalized spacial score (nSPS) is 27.7. The Kier molecular flexibility index (Phi) is 8.19. The predicted molar refractivity (Wildman–Crippen MR) is 169 cm³/mol. The van der Waals surface area contributed by atoms with Crippen molar-refractivity contribution in [3.05, 3.63) is 99.2 Å². The number of aliphatic hydroxyl groups is 1. The number of anilines is 1. The number of imide groups is 2. The van der Waals surface area contributed by atoms with Crippen LogP contribution in [0.1, 0.15) is 35.4 Å². The zero-order valence-corrected chi connectivity index (χ0v) is 26.9. The first-order valence-electron chi connectivity index (χ1n) is 15.4. The maximum absolute atomic E-state index is 15.1. The Morgan fingerprint density at radius 2 is 1.73 bits per heavy atom. The number of carbonyl (C=O) groups is 4. The minimum atomic E-state index is -4.73. The number of allylic oxidation sites excluding steroid dienone is 2. The Morgan fingerprint density at radius 1 is 1.02 bits per heavy atom. The summed E-state index contributed by atoms with van der Waals surface area (Å²) in [4.78, 5) is 59.4. The average molecular weight is 716 g/mol. The molecule has 0 bridgehead atoms. The number of aliphatic hydroxyl groups excluding tert-OH is 1. The Bertz CT molecular complexity index is 1900. The maximum Gasteiger partial charge on any atom is 0.417 e. The summed E-state index contributed by atoms with van der Waals surface area (Å²) >= 11 is 12.5. The van der Waals surface area contributed by atoms with Gasteiger partial charge in [0.2, 0.25) is 11.8 Å². The number of benzene rings is 2. The molecule has 1 saturated carbocycles. The molecule has 2 aliphatic heterocycles. The summed E-state index contributed by atoms with van der Waals surface area (Å²) in [5, 5.41) is 12.3. The molecule has 0 spiro atoms. The number of halogens is 5. The summed E-state index contributed by atoms with van der Waals surface area (Å²) in [5.41, 5.74) is 1.58. The molecule has 4 aliphatic rings. The van der Waals surface area contributed by atoms with Crippen molar-refractivity contribution >= 4 is 52.6 Å². The van der Waals surface area contributed by atoms with E-state index in [1.54, 1.807) is 48.5 Å². The summed E-state index contributed by atoms with van der Waals surface area (Å²) in [6.45, 7) is -0.159. The fourth-order valence-corrected chi connectivity index (χ4v) is 8.32. The van der Waals surface area contributed by atoms with Gasteiger partial charge in [-0.3, -0.25) is 29.9 Å². The predicted octanol–water partition coefficient (Wildman–Crippen LogP) is 5.05. The number of nitrogens with one attached hydrogen (secondary N) is 2. The van der Waals surface area contributed by atoms with Gasteiger partial charge in [-0.25, -0.2) is 4.98 Å². The van der Waals surface area contributed by atoms with Crippen LogP contribution in [0, 0.1) is 23.7 Å². The summed E-state index contributed by atoms with van der Waals surface area (Å²) in [7, 11) is 0. The van der Waals surface area contributed by atoms with Crippen LogP contribution >= 0.6 is 23.2 Å². The molecular formula is C34H27Cl2F3N4O6. The minimum Gasteiger partial charge on any atom is -0.491 e. The van der Waals surface area contributed by atoms with Gasteiger partial charge in [0, 0.05) is 17.1 Å². The second-order valence-corrected chi connectivity index (χ2v) is 13.3. The van der Waals surface area contributed by atoms with Gasteiger partial charge in [-0.2, -0.15) is 18.2 Å². The van der Waals surface area contributed by atoms with E-state index in [0.29, 0.717) is 39.7 Å². The second kappa shape index (κ2) is 12.1. The van der Waals surface area contributed by atoms with Gasteiger partial charge in [-0.05, 0) is 60.2 Å². The molecule has 0 radical (unpaired) electrons. The van der Waals surface area contributed by atoms with Gasteiger partial charge in [0.05, 0.1) is 40.4 Å². The van der Waals surface area contributed by atoms with E-state index in [1.807, 2.05) is 6.08 Å². The van der Waals surface area contributed by atoms with Crippen LogP contribution in [0.25, 0.3) is 0 Å². The molecule has 15 heteroatoms. The monoisotopic (exact) mass is 714 g/mol. The fraction of sp³-hybridized carbons (Fsp3) is 0.324. The highest BCUT2D eigenvalue weighted by atomic mass is 35.5. The van der Waals surface area contributed by atoms with Crippen molar-refractivity contribution in [2.24, 2.45) is 23.7 Å². The minimum absolute atomic E-state index is 0.0153.